The monoisotopic (exact) mass is 278 g/mol. The smallest absolute Gasteiger partial charge is 0.339 e. The van der Waals surface area contributed by atoms with Crippen molar-refractivity contribution in [2.75, 3.05) is 34.3 Å². The molecule has 0 radical (unpaired) electrons. The number of likely N-dealkylation sites (tertiary alicyclic amines) is 1. The number of ether oxygens (including phenoxy) is 1. The van der Waals surface area contributed by atoms with E-state index >= 15 is 0 Å². The molecular weight excluding hydrogens is 256 g/mol. The van der Waals surface area contributed by atoms with Gasteiger partial charge >= 0.3 is 5.97 Å². The van der Waals surface area contributed by atoms with Gasteiger partial charge in [0.1, 0.15) is 11.3 Å². The Morgan fingerprint density at radius 2 is 2.25 bits per heavy atom. The van der Waals surface area contributed by atoms with Gasteiger partial charge in [-0.1, -0.05) is 6.07 Å². The molecule has 1 aromatic carbocycles. The van der Waals surface area contributed by atoms with Crippen LogP contribution in [0, 0.1) is 0 Å². The zero-order valence-corrected chi connectivity index (χ0v) is 12.3. The molecule has 110 valence electrons. The molecular formula is C15H22N2O3. The predicted molar refractivity (Wildman–Crippen MR) is 77.3 cm³/mol. The molecule has 1 atom stereocenters. The standard InChI is InChI=1S/C15H22N2O3/c1-16(2)12-6-7-17(10-12)9-11-4-5-13(15(18)19)14(8-11)20-3/h4-5,8,12H,6-7,9-10H2,1-3H3,(H,18,19). The maximum absolute atomic E-state index is 11.1. The second kappa shape index (κ2) is 6.24. The molecule has 1 aromatic rings. The van der Waals surface area contributed by atoms with Crippen LogP contribution in [0.4, 0.5) is 0 Å². The molecule has 1 aliphatic heterocycles. The highest BCUT2D eigenvalue weighted by atomic mass is 16.5. The van der Waals surface area contributed by atoms with Crippen LogP contribution in [0.5, 0.6) is 5.75 Å². The van der Waals surface area contributed by atoms with E-state index in [4.69, 9.17) is 9.84 Å². The van der Waals surface area contributed by atoms with Crippen LogP contribution in [-0.2, 0) is 6.54 Å². The van der Waals surface area contributed by atoms with Gasteiger partial charge in [0.15, 0.2) is 0 Å². The third kappa shape index (κ3) is 3.29. The van der Waals surface area contributed by atoms with Gasteiger partial charge in [0.2, 0.25) is 0 Å². The number of carboxylic acid groups (broad SMARTS) is 1. The molecule has 1 aliphatic rings. The van der Waals surface area contributed by atoms with E-state index in [2.05, 4.69) is 23.9 Å². The van der Waals surface area contributed by atoms with E-state index in [0.717, 1.165) is 25.2 Å². The Balaban J connectivity index is 2.05. The number of nitrogens with zero attached hydrogens (tertiary/aromatic N) is 2. The van der Waals surface area contributed by atoms with Gasteiger partial charge in [-0.05, 0) is 38.2 Å². The SMILES string of the molecule is COc1cc(CN2CCC(N(C)C)C2)ccc1C(=O)O. The van der Waals surface area contributed by atoms with Crippen molar-refractivity contribution in [2.24, 2.45) is 0 Å². The van der Waals surface area contributed by atoms with Crippen molar-refractivity contribution in [1.82, 2.24) is 9.80 Å². The molecule has 1 unspecified atom stereocenters. The summed E-state index contributed by atoms with van der Waals surface area (Å²) in [4.78, 5) is 15.7. The quantitative estimate of drug-likeness (QED) is 0.885. The lowest BCUT2D eigenvalue weighted by Crippen LogP contribution is -2.31. The van der Waals surface area contributed by atoms with Crippen LogP contribution >= 0.6 is 0 Å². The summed E-state index contributed by atoms with van der Waals surface area (Å²) in [5.74, 6) is -0.527. The summed E-state index contributed by atoms with van der Waals surface area (Å²) in [6, 6.07) is 5.92. The van der Waals surface area contributed by atoms with E-state index in [9.17, 15) is 4.79 Å². The summed E-state index contributed by atoms with van der Waals surface area (Å²) in [5, 5.41) is 9.07. The fourth-order valence-corrected chi connectivity index (χ4v) is 2.65. The lowest BCUT2D eigenvalue weighted by molar-refractivity contribution is 0.0693. The van der Waals surface area contributed by atoms with Crippen molar-refractivity contribution in [3.05, 3.63) is 29.3 Å². The van der Waals surface area contributed by atoms with Crippen molar-refractivity contribution in [3.8, 4) is 5.75 Å². The minimum Gasteiger partial charge on any atom is -0.496 e. The zero-order valence-electron chi connectivity index (χ0n) is 12.3. The van der Waals surface area contributed by atoms with Crippen LogP contribution < -0.4 is 4.74 Å². The molecule has 1 saturated heterocycles. The van der Waals surface area contributed by atoms with Crippen LogP contribution in [-0.4, -0.2) is 61.2 Å². The summed E-state index contributed by atoms with van der Waals surface area (Å²) < 4.78 is 5.16. The topological polar surface area (TPSA) is 53.0 Å². The second-order valence-electron chi connectivity index (χ2n) is 5.48. The number of carbonyl (C=O) groups is 1. The number of hydrogen-bond acceptors (Lipinski definition) is 4. The Hall–Kier alpha value is -1.59. The Kier molecular flexibility index (Phi) is 4.62. The summed E-state index contributed by atoms with van der Waals surface area (Å²) in [7, 11) is 5.72. The number of likely N-dealkylation sites (N-methyl/N-ethyl adjacent to an activating group) is 1. The van der Waals surface area contributed by atoms with Crippen molar-refractivity contribution in [1.29, 1.82) is 0 Å². The van der Waals surface area contributed by atoms with E-state index in [1.165, 1.54) is 13.5 Å². The lowest BCUT2D eigenvalue weighted by Gasteiger charge is -2.20. The highest BCUT2D eigenvalue weighted by Gasteiger charge is 2.24. The predicted octanol–water partition coefficient (Wildman–Crippen LogP) is 1.53. The summed E-state index contributed by atoms with van der Waals surface area (Å²) >= 11 is 0. The summed E-state index contributed by atoms with van der Waals surface area (Å²) in [5.41, 5.74) is 1.30. The van der Waals surface area contributed by atoms with Gasteiger partial charge in [0.05, 0.1) is 7.11 Å². The van der Waals surface area contributed by atoms with Crippen molar-refractivity contribution < 1.29 is 14.6 Å². The fourth-order valence-electron chi connectivity index (χ4n) is 2.65. The first-order valence-electron chi connectivity index (χ1n) is 6.80. The molecule has 1 N–H and O–H groups in total. The van der Waals surface area contributed by atoms with E-state index in [1.54, 1.807) is 6.07 Å². The highest BCUT2D eigenvalue weighted by molar-refractivity contribution is 5.90. The number of rotatable bonds is 5. The van der Waals surface area contributed by atoms with Gasteiger partial charge in [-0.15, -0.1) is 0 Å². The molecule has 0 spiro atoms. The Morgan fingerprint density at radius 3 is 2.80 bits per heavy atom. The number of carboxylic acids is 1. The molecule has 1 fully saturated rings. The van der Waals surface area contributed by atoms with Gasteiger partial charge in [0, 0.05) is 25.7 Å². The maximum Gasteiger partial charge on any atom is 0.339 e. The van der Waals surface area contributed by atoms with Gasteiger partial charge < -0.3 is 14.7 Å². The van der Waals surface area contributed by atoms with Crippen LogP contribution in [0.25, 0.3) is 0 Å². The first-order valence-corrected chi connectivity index (χ1v) is 6.80. The van der Waals surface area contributed by atoms with E-state index < -0.39 is 5.97 Å². The summed E-state index contributed by atoms with van der Waals surface area (Å²) in [6.07, 6.45) is 1.18. The largest absolute Gasteiger partial charge is 0.496 e. The fraction of sp³-hybridized carbons (Fsp3) is 0.533. The maximum atomic E-state index is 11.1. The number of aromatic carboxylic acids is 1. The van der Waals surface area contributed by atoms with Crippen LogP contribution in [0.2, 0.25) is 0 Å². The average molecular weight is 278 g/mol. The van der Waals surface area contributed by atoms with Gasteiger partial charge in [0.25, 0.3) is 0 Å². The molecule has 20 heavy (non-hydrogen) atoms. The number of benzene rings is 1. The molecule has 0 bridgehead atoms. The molecule has 5 nitrogen and oxygen atoms in total. The van der Waals surface area contributed by atoms with Crippen LogP contribution in [0.15, 0.2) is 18.2 Å². The van der Waals surface area contributed by atoms with Crippen LogP contribution in [0.1, 0.15) is 22.3 Å². The molecule has 0 aliphatic carbocycles. The zero-order chi connectivity index (χ0) is 14.7. The first-order chi connectivity index (χ1) is 9.51. The molecule has 5 heteroatoms. The van der Waals surface area contributed by atoms with Gasteiger partial charge in [-0.2, -0.15) is 0 Å². The van der Waals surface area contributed by atoms with Gasteiger partial charge in [-0.25, -0.2) is 4.79 Å². The Labute approximate surface area is 119 Å². The molecule has 1 heterocycles. The van der Waals surface area contributed by atoms with E-state index in [-0.39, 0.29) is 5.56 Å². The van der Waals surface area contributed by atoms with Crippen molar-refractivity contribution in [2.45, 2.75) is 19.0 Å². The molecule has 2 rings (SSSR count). The first kappa shape index (κ1) is 14.8. The van der Waals surface area contributed by atoms with E-state index in [0.29, 0.717) is 11.8 Å². The summed E-state index contributed by atoms with van der Waals surface area (Å²) in [6.45, 7) is 2.96. The van der Waals surface area contributed by atoms with Crippen molar-refractivity contribution >= 4 is 5.97 Å². The average Bonchev–Trinajstić information content (AvgIpc) is 2.87. The highest BCUT2D eigenvalue weighted by Crippen LogP contribution is 2.23. The third-order valence-electron chi connectivity index (χ3n) is 3.88. The second-order valence-corrected chi connectivity index (χ2v) is 5.48. The number of methoxy groups -OCH3 is 1. The van der Waals surface area contributed by atoms with Gasteiger partial charge in [-0.3, -0.25) is 4.90 Å². The van der Waals surface area contributed by atoms with Crippen LogP contribution in [0.3, 0.4) is 0 Å². The van der Waals surface area contributed by atoms with Crippen molar-refractivity contribution in [3.63, 3.8) is 0 Å². The molecule has 0 amide bonds. The Bertz CT molecular complexity index is 488. The molecule has 0 aromatic heterocycles. The third-order valence-corrected chi connectivity index (χ3v) is 3.88. The normalized spacial score (nSPS) is 19.5. The Morgan fingerprint density at radius 1 is 1.50 bits per heavy atom. The lowest BCUT2D eigenvalue weighted by atomic mass is 10.1. The minimum atomic E-state index is -0.956. The number of hydrogen-bond donors (Lipinski definition) is 1. The minimum absolute atomic E-state index is 0.212. The molecule has 0 saturated carbocycles. The van der Waals surface area contributed by atoms with E-state index in [1.807, 2.05) is 12.1 Å².